The second-order valence-electron chi connectivity index (χ2n) is 3.88. The first kappa shape index (κ1) is 10.7. The van der Waals surface area contributed by atoms with Crippen LogP contribution in [-0.4, -0.2) is 16.1 Å². The van der Waals surface area contributed by atoms with Crippen molar-refractivity contribution in [1.29, 1.82) is 0 Å². The Kier molecular flexibility index (Phi) is 3.78. The molecule has 0 aliphatic heterocycles. The standard InChI is InChI=1S/C11H15ClN2O/c12-10-11(14-8-7-13-10)15-9-5-3-1-2-4-6-9/h7-9H,1-6H2. The highest BCUT2D eigenvalue weighted by Gasteiger charge is 2.15. The lowest BCUT2D eigenvalue weighted by Gasteiger charge is -2.15. The molecule has 82 valence electrons. The van der Waals surface area contributed by atoms with Crippen LogP contribution in [0, 0.1) is 0 Å². The van der Waals surface area contributed by atoms with Crippen molar-refractivity contribution in [3.05, 3.63) is 17.5 Å². The fourth-order valence-corrected chi connectivity index (χ4v) is 2.05. The number of nitrogens with zero attached hydrogens (tertiary/aromatic N) is 2. The fourth-order valence-electron chi connectivity index (χ4n) is 1.90. The van der Waals surface area contributed by atoms with Gasteiger partial charge in [-0.05, 0) is 25.7 Å². The molecule has 3 nitrogen and oxygen atoms in total. The zero-order chi connectivity index (χ0) is 10.5. The third-order valence-corrected chi connectivity index (χ3v) is 2.96. The molecule has 0 spiro atoms. The Labute approximate surface area is 94.8 Å². The van der Waals surface area contributed by atoms with Crippen molar-refractivity contribution in [3.8, 4) is 5.88 Å². The molecule has 15 heavy (non-hydrogen) atoms. The van der Waals surface area contributed by atoms with Crippen LogP contribution in [0.1, 0.15) is 38.5 Å². The summed E-state index contributed by atoms with van der Waals surface area (Å²) < 4.78 is 5.76. The molecule has 0 atom stereocenters. The molecule has 0 amide bonds. The molecule has 1 aliphatic carbocycles. The quantitative estimate of drug-likeness (QED) is 0.727. The molecule has 0 bridgehead atoms. The Balaban J connectivity index is 1.98. The van der Waals surface area contributed by atoms with E-state index < -0.39 is 0 Å². The van der Waals surface area contributed by atoms with Gasteiger partial charge in [0.05, 0.1) is 0 Å². The van der Waals surface area contributed by atoms with Crippen LogP contribution in [0.15, 0.2) is 12.4 Å². The Bertz CT molecular complexity index is 311. The van der Waals surface area contributed by atoms with Crippen molar-refractivity contribution in [2.24, 2.45) is 0 Å². The predicted molar refractivity (Wildman–Crippen MR) is 59.2 cm³/mol. The van der Waals surface area contributed by atoms with Crippen LogP contribution in [0.3, 0.4) is 0 Å². The maximum absolute atomic E-state index is 5.89. The van der Waals surface area contributed by atoms with E-state index in [0.717, 1.165) is 12.8 Å². The van der Waals surface area contributed by atoms with Gasteiger partial charge in [-0.1, -0.05) is 24.4 Å². The summed E-state index contributed by atoms with van der Waals surface area (Å²) >= 11 is 5.89. The van der Waals surface area contributed by atoms with Crippen LogP contribution in [0.25, 0.3) is 0 Å². The normalized spacial score (nSPS) is 18.5. The Hall–Kier alpha value is -0.830. The summed E-state index contributed by atoms with van der Waals surface area (Å²) in [6.45, 7) is 0. The molecule has 0 saturated heterocycles. The van der Waals surface area contributed by atoms with Gasteiger partial charge in [0, 0.05) is 12.4 Å². The second kappa shape index (κ2) is 5.31. The van der Waals surface area contributed by atoms with Crippen LogP contribution < -0.4 is 4.74 Å². The van der Waals surface area contributed by atoms with Gasteiger partial charge in [0.2, 0.25) is 0 Å². The summed E-state index contributed by atoms with van der Waals surface area (Å²) in [6, 6.07) is 0. The minimum atomic E-state index is 0.265. The topological polar surface area (TPSA) is 35.0 Å². The van der Waals surface area contributed by atoms with Gasteiger partial charge in [-0.15, -0.1) is 0 Å². The van der Waals surface area contributed by atoms with Gasteiger partial charge in [-0.25, -0.2) is 9.97 Å². The van der Waals surface area contributed by atoms with E-state index in [0.29, 0.717) is 11.0 Å². The maximum atomic E-state index is 5.89. The monoisotopic (exact) mass is 226 g/mol. The van der Waals surface area contributed by atoms with Crippen LogP contribution in [0.5, 0.6) is 5.88 Å². The number of hydrogen-bond acceptors (Lipinski definition) is 3. The molecule has 4 heteroatoms. The lowest BCUT2D eigenvalue weighted by Crippen LogP contribution is -2.16. The minimum Gasteiger partial charge on any atom is -0.472 e. The van der Waals surface area contributed by atoms with E-state index >= 15 is 0 Å². The van der Waals surface area contributed by atoms with Gasteiger partial charge < -0.3 is 4.74 Å². The molecule has 1 fully saturated rings. The molecule has 1 aliphatic rings. The molecular formula is C11H15ClN2O. The highest BCUT2D eigenvalue weighted by molar-refractivity contribution is 6.30. The van der Waals surface area contributed by atoms with E-state index in [4.69, 9.17) is 16.3 Å². The van der Waals surface area contributed by atoms with E-state index in [-0.39, 0.29) is 6.10 Å². The van der Waals surface area contributed by atoms with Crippen molar-refractivity contribution < 1.29 is 4.74 Å². The van der Waals surface area contributed by atoms with Crippen LogP contribution in [-0.2, 0) is 0 Å². The van der Waals surface area contributed by atoms with E-state index in [1.54, 1.807) is 12.4 Å². The molecule has 2 rings (SSSR count). The van der Waals surface area contributed by atoms with Gasteiger partial charge in [0.15, 0.2) is 5.15 Å². The second-order valence-corrected chi connectivity index (χ2v) is 4.24. The number of rotatable bonds is 2. The summed E-state index contributed by atoms with van der Waals surface area (Å²) in [7, 11) is 0. The van der Waals surface area contributed by atoms with E-state index in [1.807, 2.05) is 0 Å². The first-order valence-corrected chi connectivity index (χ1v) is 5.87. The molecule has 0 N–H and O–H groups in total. The lowest BCUT2D eigenvalue weighted by molar-refractivity contribution is 0.175. The third kappa shape index (κ3) is 3.06. The SMILES string of the molecule is Clc1nccnc1OC1CCCCCC1. The Morgan fingerprint density at radius 2 is 1.73 bits per heavy atom. The average molecular weight is 227 g/mol. The summed E-state index contributed by atoms with van der Waals surface area (Å²) in [4.78, 5) is 8.03. The summed E-state index contributed by atoms with van der Waals surface area (Å²) in [5, 5.41) is 0.363. The summed E-state index contributed by atoms with van der Waals surface area (Å²) in [5.74, 6) is 0.478. The van der Waals surface area contributed by atoms with Crippen molar-refractivity contribution in [1.82, 2.24) is 9.97 Å². The van der Waals surface area contributed by atoms with Crippen molar-refractivity contribution in [3.63, 3.8) is 0 Å². The fraction of sp³-hybridized carbons (Fsp3) is 0.636. The smallest absolute Gasteiger partial charge is 0.252 e. The number of hydrogen-bond donors (Lipinski definition) is 0. The molecule has 1 heterocycles. The molecule has 1 aromatic heterocycles. The largest absolute Gasteiger partial charge is 0.472 e. The molecule has 0 aromatic carbocycles. The van der Waals surface area contributed by atoms with Gasteiger partial charge in [-0.3, -0.25) is 0 Å². The van der Waals surface area contributed by atoms with Gasteiger partial charge in [0.1, 0.15) is 6.10 Å². The zero-order valence-electron chi connectivity index (χ0n) is 8.66. The minimum absolute atomic E-state index is 0.265. The third-order valence-electron chi connectivity index (χ3n) is 2.70. The van der Waals surface area contributed by atoms with Crippen LogP contribution >= 0.6 is 11.6 Å². The molecule has 0 unspecified atom stereocenters. The summed E-state index contributed by atoms with van der Waals surface area (Å²) in [6.07, 6.45) is 10.8. The highest BCUT2D eigenvalue weighted by atomic mass is 35.5. The number of halogens is 1. The van der Waals surface area contributed by atoms with E-state index in [2.05, 4.69) is 9.97 Å². The first-order valence-electron chi connectivity index (χ1n) is 5.49. The summed E-state index contributed by atoms with van der Waals surface area (Å²) in [5.41, 5.74) is 0. The predicted octanol–water partition coefficient (Wildman–Crippen LogP) is 3.23. The molecule has 1 saturated carbocycles. The van der Waals surface area contributed by atoms with Gasteiger partial charge >= 0.3 is 0 Å². The highest BCUT2D eigenvalue weighted by Crippen LogP contribution is 2.24. The Morgan fingerprint density at radius 1 is 1.07 bits per heavy atom. The van der Waals surface area contributed by atoms with Crippen LogP contribution in [0.2, 0.25) is 5.15 Å². The van der Waals surface area contributed by atoms with E-state index in [1.165, 1.54) is 25.7 Å². The lowest BCUT2D eigenvalue weighted by atomic mass is 10.1. The maximum Gasteiger partial charge on any atom is 0.252 e. The zero-order valence-corrected chi connectivity index (χ0v) is 9.41. The van der Waals surface area contributed by atoms with Crippen molar-refractivity contribution in [2.45, 2.75) is 44.6 Å². The molecule has 0 radical (unpaired) electrons. The number of aromatic nitrogens is 2. The van der Waals surface area contributed by atoms with Crippen molar-refractivity contribution in [2.75, 3.05) is 0 Å². The molecule has 1 aromatic rings. The van der Waals surface area contributed by atoms with Crippen LogP contribution in [0.4, 0.5) is 0 Å². The first-order chi connectivity index (χ1) is 7.36. The Morgan fingerprint density at radius 3 is 2.40 bits per heavy atom. The van der Waals surface area contributed by atoms with E-state index in [9.17, 15) is 0 Å². The molecular weight excluding hydrogens is 212 g/mol. The van der Waals surface area contributed by atoms with Gasteiger partial charge in [-0.2, -0.15) is 0 Å². The number of ether oxygens (including phenoxy) is 1. The average Bonchev–Trinajstić information content (AvgIpc) is 2.50. The van der Waals surface area contributed by atoms with Gasteiger partial charge in [0.25, 0.3) is 5.88 Å². The van der Waals surface area contributed by atoms with Crippen molar-refractivity contribution >= 4 is 11.6 Å².